The van der Waals surface area contributed by atoms with Crippen LogP contribution in [0.3, 0.4) is 0 Å². The monoisotopic (exact) mass is 298 g/mol. The lowest BCUT2D eigenvalue weighted by atomic mass is 10.1. The van der Waals surface area contributed by atoms with Gasteiger partial charge in [0.05, 0.1) is 0 Å². The van der Waals surface area contributed by atoms with Gasteiger partial charge in [-0.05, 0) is 50.1 Å². The Bertz CT molecular complexity index is 651. The first kappa shape index (κ1) is 15.9. The molecule has 4 heteroatoms. The summed E-state index contributed by atoms with van der Waals surface area (Å²) in [5.41, 5.74) is 9.22. The Morgan fingerprint density at radius 1 is 1.18 bits per heavy atom. The van der Waals surface area contributed by atoms with E-state index >= 15 is 0 Å². The molecule has 0 aromatic heterocycles. The molecule has 0 aliphatic heterocycles. The highest BCUT2D eigenvalue weighted by molar-refractivity contribution is 5.95. The smallest absolute Gasteiger partial charge is 0.265 e. The van der Waals surface area contributed by atoms with Gasteiger partial charge in [0.15, 0.2) is 6.10 Å². The highest BCUT2D eigenvalue weighted by Crippen LogP contribution is 2.20. The molecule has 2 aromatic rings. The Kier molecular flexibility index (Phi) is 5.04. The van der Waals surface area contributed by atoms with E-state index in [9.17, 15) is 4.79 Å². The van der Waals surface area contributed by atoms with E-state index < -0.39 is 6.10 Å². The summed E-state index contributed by atoms with van der Waals surface area (Å²) < 4.78 is 5.78. The van der Waals surface area contributed by atoms with Gasteiger partial charge in [-0.25, -0.2) is 0 Å². The lowest BCUT2D eigenvalue weighted by molar-refractivity contribution is -0.122. The number of hydrogen-bond donors (Lipinski definition) is 2. The van der Waals surface area contributed by atoms with E-state index in [1.807, 2.05) is 57.2 Å². The summed E-state index contributed by atoms with van der Waals surface area (Å²) in [5, 5.41) is 2.89. The van der Waals surface area contributed by atoms with Crippen LogP contribution in [0.25, 0.3) is 0 Å². The summed E-state index contributed by atoms with van der Waals surface area (Å²) >= 11 is 0. The number of nitrogens with two attached hydrogens (primary N) is 1. The number of aryl methyl sites for hydroxylation is 2. The zero-order chi connectivity index (χ0) is 16.1. The van der Waals surface area contributed by atoms with E-state index in [2.05, 4.69) is 5.32 Å². The number of nitrogens with one attached hydrogen (secondary N) is 1. The molecule has 0 spiro atoms. The molecule has 1 amide bonds. The predicted octanol–water partition coefficient (Wildman–Crippen LogP) is 3.68. The highest BCUT2D eigenvalue weighted by atomic mass is 16.5. The van der Waals surface area contributed by atoms with E-state index in [-0.39, 0.29) is 5.91 Å². The third-order valence-corrected chi connectivity index (χ3v) is 3.48. The molecule has 0 radical (unpaired) electrons. The van der Waals surface area contributed by atoms with Crippen molar-refractivity contribution in [2.45, 2.75) is 33.3 Å². The largest absolute Gasteiger partial charge is 0.481 e. The summed E-state index contributed by atoms with van der Waals surface area (Å²) in [6, 6.07) is 13.1. The Morgan fingerprint density at radius 2 is 1.86 bits per heavy atom. The van der Waals surface area contributed by atoms with Crippen LogP contribution in [0.5, 0.6) is 5.75 Å². The standard InChI is InChI=1S/C18H22N2O2/c1-4-17(22-15-9-5-12(2)6-10-15)18(21)20-16-11-14(19)8-7-13(16)3/h5-11,17H,4,19H2,1-3H3,(H,20,21). The van der Waals surface area contributed by atoms with Crippen molar-refractivity contribution >= 4 is 17.3 Å². The number of nitrogen functional groups attached to an aromatic ring is 1. The lowest BCUT2D eigenvalue weighted by Crippen LogP contribution is -2.32. The van der Waals surface area contributed by atoms with Crippen LogP contribution >= 0.6 is 0 Å². The van der Waals surface area contributed by atoms with Crippen molar-refractivity contribution in [2.75, 3.05) is 11.1 Å². The molecular formula is C18H22N2O2. The average Bonchev–Trinajstić information content (AvgIpc) is 2.50. The molecule has 0 aliphatic rings. The first-order chi connectivity index (χ1) is 10.5. The van der Waals surface area contributed by atoms with Crippen molar-refractivity contribution in [1.82, 2.24) is 0 Å². The maximum atomic E-state index is 12.4. The van der Waals surface area contributed by atoms with Gasteiger partial charge in [-0.1, -0.05) is 30.7 Å². The fourth-order valence-electron chi connectivity index (χ4n) is 2.09. The molecule has 3 N–H and O–H groups in total. The van der Waals surface area contributed by atoms with Gasteiger partial charge in [0, 0.05) is 11.4 Å². The van der Waals surface area contributed by atoms with Crippen LogP contribution < -0.4 is 15.8 Å². The van der Waals surface area contributed by atoms with E-state index in [1.165, 1.54) is 0 Å². The van der Waals surface area contributed by atoms with Crippen LogP contribution in [0.4, 0.5) is 11.4 Å². The second-order valence-corrected chi connectivity index (χ2v) is 5.39. The maximum Gasteiger partial charge on any atom is 0.265 e. The maximum absolute atomic E-state index is 12.4. The number of carbonyl (C=O) groups is 1. The summed E-state index contributed by atoms with van der Waals surface area (Å²) in [6.07, 6.45) is 0.0460. The molecule has 0 aliphatic carbocycles. The highest BCUT2D eigenvalue weighted by Gasteiger charge is 2.19. The number of anilines is 2. The summed E-state index contributed by atoms with van der Waals surface area (Å²) in [5.74, 6) is 0.522. The van der Waals surface area contributed by atoms with Gasteiger partial charge in [-0.15, -0.1) is 0 Å². The van der Waals surface area contributed by atoms with Crippen LogP contribution in [0, 0.1) is 13.8 Å². The van der Waals surface area contributed by atoms with Crippen molar-refractivity contribution in [2.24, 2.45) is 0 Å². The zero-order valence-electron chi connectivity index (χ0n) is 13.2. The molecular weight excluding hydrogens is 276 g/mol. The van der Waals surface area contributed by atoms with E-state index in [0.717, 1.165) is 16.8 Å². The number of rotatable bonds is 5. The van der Waals surface area contributed by atoms with Gasteiger partial charge >= 0.3 is 0 Å². The molecule has 0 saturated heterocycles. The van der Waals surface area contributed by atoms with Crippen molar-refractivity contribution in [3.63, 3.8) is 0 Å². The molecule has 4 nitrogen and oxygen atoms in total. The van der Waals surface area contributed by atoms with Gasteiger partial charge in [0.1, 0.15) is 5.75 Å². The molecule has 2 rings (SSSR count). The minimum Gasteiger partial charge on any atom is -0.481 e. The minimum absolute atomic E-state index is 0.170. The van der Waals surface area contributed by atoms with Crippen molar-refractivity contribution in [3.05, 3.63) is 53.6 Å². The van der Waals surface area contributed by atoms with Gasteiger partial charge in [-0.3, -0.25) is 4.79 Å². The molecule has 0 fully saturated rings. The average molecular weight is 298 g/mol. The molecule has 0 saturated carbocycles. The van der Waals surface area contributed by atoms with Crippen molar-refractivity contribution in [1.29, 1.82) is 0 Å². The van der Waals surface area contributed by atoms with Crippen LogP contribution in [-0.4, -0.2) is 12.0 Å². The third kappa shape index (κ3) is 4.01. The summed E-state index contributed by atoms with van der Waals surface area (Å²) in [7, 11) is 0. The summed E-state index contributed by atoms with van der Waals surface area (Å²) in [4.78, 5) is 12.4. The Balaban J connectivity index is 2.08. The molecule has 116 valence electrons. The Hall–Kier alpha value is -2.49. The lowest BCUT2D eigenvalue weighted by Gasteiger charge is -2.18. The fraction of sp³-hybridized carbons (Fsp3) is 0.278. The predicted molar refractivity (Wildman–Crippen MR) is 90.1 cm³/mol. The second kappa shape index (κ2) is 6.98. The van der Waals surface area contributed by atoms with Gasteiger partial charge < -0.3 is 15.8 Å². The number of benzene rings is 2. The van der Waals surface area contributed by atoms with Gasteiger partial charge in [0.25, 0.3) is 5.91 Å². The van der Waals surface area contributed by atoms with Gasteiger partial charge in [0.2, 0.25) is 0 Å². The molecule has 0 heterocycles. The molecule has 22 heavy (non-hydrogen) atoms. The second-order valence-electron chi connectivity index (χ2n) is 5.39. The van der Waals surface area contributed by atoms with Crippen molar-refractivity contribution < 1.29 is 9.53 Å². The quantitative estimate of drug-likeness (QED) is 0.828. The van der Waals surface area contributed by atoms with Gasteiger partial charge in [-0.2, -0.15) is 0 Å². The zero-order valence-corrected chi connectivity index (χ0v) is 13.2. The number of hydrogen-bond acceptors (Lipinski definition) is 3. The first-order valence-electron chi connectivity index (χ1n) is 7.40. The third-order valence-electron chi connectivity index (χ3n) is 3.48. The molecule has 1 unspecified atom stereocenters. The van der Waals surface area contributed by atoms with Crippen LogP contribution in [-0.2, 0) is 4.79 Å². The first-order valence-corrected chi connectivity index (χ1v) is 7.40. The SMILES string of the molecule is CCC(Oc1ccc(C)cc1)C(=O)Nc1cc(N)ccc1C. The van der Waals surface area contributed by atoms with E-state index in [1.54, 1.807) is 6.07 Å². The van der Waals surface area contributed by atoms with Crippen molar-refractivity contribution in [3.8, 4) is 5.75 Å². The Morgan fingerprint density at radius 3 is 2.50 bits per heavy atom. The van der Waals surface area contributed by atoms with Crippen LogP contribution in [0.15, 0.2) is 42.5 Å². The normalized spacial score (nSPS) is 11.8. The Labute approximate surface area is 131 Å². The van der Waals surface area contributed by atoms with Crippen LogP contribution in [0.1, 0.15) is 24.5 Å². The molecule has 0 bridgehead atoms. The number of carbonyl (C=O) groups excluding carboxylic acids is 1. The topological polar surface area (TPSA) is 64.3 Å². The molecule has 1 atom stereocenters. The molecule has 2 aromatic carbocycles. The number of ether oxygens (including phenoxy) is 1. The van der Waals surface area contributed by atoms with Crippen LogP contribution in [0.2, 0.25) is 0 Å². The van der Waals surface area contributed by atoms with E-state index in [0.29, 0.717) is 17.9 Å². The minimum atomic E-state index is -0.538. The number of amides is 1. The fourth-order valence-corrected chi connectivity index (χ4v) is 2.09. The summed E-state index contributed by atoms with van der Waals surface area (Å²) in [6.45, 7) is 5.86. The van der Waals surface area contributed by atoms with E-state index in [4.69, 9.17) is 10.5 Å².